The Morgan fingerprint density at radius 1 is 1.05 bits per heavy atom. The second-order valence-corrected chi connectivity index (χ2v) is 5.83. The van der Waals surface area contributed by atoms with Crippen molar-refractivity contribution < 1.29 is 4.79 Å². The largest absolute Gasteiger partial charge is 0.389 e. The van der Waals surface area contributed by atoms with E-state index in [4.69, 9.17) is 52.8 Å². The summed E-state index contributed by atoms with van der Waals surface area (Å²) in [6, 6.07) is 9.63. The molecule has 3 N–H and O–H groups in total. The Kier molecular flexibility index (Phi) is 5.06. The molecule has 2 rings (SSSR count). The summed E-state index contributed by atoms with van der Waals surface area (Å²) in [4.78, 5) is 12.4. The van der Waals surface area contributed by atoms with Gasteiger partial charge in [0, 0.05) is 16.1 Å². The lowest BCUT2D eigenvalue weighted by atomic mass is 10.1. The van der Waals surface area contributed by atoms with Crippen LogP contribution in [0.2, 0.25) is 15.1 Å². The molecule has 7 heteroatoms. The van der Waals surface area contributed by atoms with Gasteiger partial charge in [-0.15, -0.1) is 0 Å². The molecule has 0 saturated heterocycles. The quantitative estimate of drug-likeness (QED) is 0.791. The zero-order valence-electron chi connectivity index (χ0n) is 10.5. The van der Waals surface area contributed by atoms with Gasteiger partial charge in [-0.2, -0.15) is 0 Å². The SMILES string of the molecule is NC(=S)c1cccc(C(=O)Nc2c(Cl)cc(Cl)cc2Cl)c1. The molecular formula is C14H9Cl3N2OS. The molecule has 0 radical (unpaired) electrons. The van der Waals surface area contributed by atoms with Crippen LogP contribution >= 0.6 is 47.0 Å². The number of carbonyl (C=O) groups is 1. The highest BCUT2D eigenvalue weighted by molar-refractivity contribution is 7.80. The van der Waals surface area contributed by atoms with Crippen molar-refractivity contribution in [1.82, 2.24) is 0 Å². The minimum atomic E-state index is -0.376. The van der Waals surface area contributed by atoms with Crippen molar-refractivity contribution in [2.24, 2.45) is 5.73 Å². The maximum atomic E-state index is 12.2. The van der Waals surface area contributed by atoms with E-state index in [9.17, 15) is 4.79 Å². The molecule has 2 aromatic carbocycles. The minimum absolute atomic E-state index is 0.215. The fourth-order valence-corrected chi connectivity index (χ4v) is 2.70. The van der Waals surface area contributed by atoms with E-state index in [0.29, 0.717) is 21.8 Å². The molecule has 0 bridgehead atoms. The summed E-state index contributed by atoms with van der Waals surface area (Å²) < 4.78 is 0. The number of nitrogens with one attached hydrogen (secondary N) is 1. The van der Waals surface area contributed by atoms with Crippen molar-refractivity contribution in [1.29, 1.82) is 0 Å². The molecule has 0 atom stereocenters. The number of hydrogen-bond donors (Lipinski definition) is 2. The van der Waals surface area contributed by atoms with Crippen molar-refractivity contribution >= 4 is 63.6 Å². The fourth-order valence-electron chi connectivity index (χ4n) is 1.66. The first-order valence-corrected chi connectivity index (χ1v) is 7.28. The maximum Gasteiger partial charge on any atom is 0.255 e. The molecule has 0 aliphatic rings. The molecule has 0 aliphatic carbocycles. The lowest BCUT2D eigenvalue weighted by Gasteiger charge is -2.10. The van der Waals surface area contributed by atoms with Crippen LogP contribution in [0.4, 0.5) is 5.69 Å². The van der Waals surface area contributed by atoms with Crippen LogP contribution in [0.3, 0.4) is 0 Å². The van der Waals surface area contributed by atoms with E-state index >= 15 is 0 Å². The first-order chi connectivity index (χ1) is 9.88. The second-order valence-electron chi connectivity index (χ2n) is 4.14. The van der Waals surface area contributed by atoms with Gasteiger partial charge in [0.15, 0.2) is 0 Å². The molecule has 0 aromatic heterocycles. The molecule has 0 aliphatic heterocycles. The summed E-state index contributed by atoms with van der Waals surface area (Å²) in [5.74, 6) is -0.376. The predicted octanol–water partition coefficient (Wildman–Crippen LogP) is 4.53. The third-order valence-corrected chi connectivity index (χ3v) is 3.70. The molecule has 108 valence electrons. The first-order valence-electron chi connectivity index (χ1n) is 5.74. The van der Waals surface area contributed by atoms with Crippen molar-refractivity contribution in [2.75, 3.05) is 5.32 Å². The highest BCUT2D eigenvalue weighted by atomic mass is 35.5. The van der Waals surface area contributed by atoms with Crippen LogP contribution in [0.5, 0.6) is 0 Å². The van der Waals surface area contributed by atoms with Crippen LogP contribution in [-0.2, 0) is 0 Å². The van der Waals surface area contributed by atoms with Gasteiger partial charge in [-0.1, -0.05) is 59.2 Å². The van der Waals surface area contributed by atoms with Gasteiger partial charge in [-0.3, -0.25) is 4.79 Å². The van der Waals surface area contributed by atoms with E-state index in [2.05, 4.69) is 5.32 Å². The van der Waals surface area contributed by atoms with Gasteiger partial charge in [0.2, 0.25) is 0 Å². The van der Waals surface area contributed by atoms with Crippen LogP contribution in [0.1, 0.15) is 15.9 Å². The molecule has 1 amide bonds. The summed E-state index contributed by atoms with van der Waals surface area (Å²) in [5, 5.41) is 3.54. The van der Waals surface area contributed by atoms with Gasteiger partial charge in [0.05, 0.1) is 15.7 Å². The molecule has 3 nitrogen and oxygen atoms in total. The summed E-state index contributed by atoms with van der Waals surface area (Å²) >= 11 is 22.8. The van der Waals surface area contributed by atoms with E-state index in [1.807, 2.05) is 0 Å². The van der Waals surface area contributed by atoms with Gasteiger partial charge in [0.25, 0.3) is 5.91 Å². The van der Waals surface area contributed by atoms with Gasteiger partial charge in [0.1, 0.15) is 4.99 Å². The third kappa shape index (κ3) is 3.86. The lowest BCUT2D eigenvalue weighted by Crippen LogP contribution is -2.15. The second kappa shape index (κ2) is 6.62. The van der Waals surface area contributed by atoms with Crippen molar-refractivity contribution in [3.8, 4) is 0 Å². The Morgan fingerprint density at radius 2 is 1.62 bits per heavy atom. The first kappa shape index (κ1) is 16.0. The number of anilines is 1. The number of rotatable bonds is 3. The third-order valence-electron chi connectivity index (χ3n) is 2.65. The maximum absolute atomic E-state index is 12.2. The Morgan fingerprint density at radius 3 is 2.19 bits per heavy atom. The summed E-state index contributed by atoms with van der Waals surface area (Å²) in [7, 11) is 0. The molecule has 0 saturated carbocycles. The molecule has 0 spiro atoms. The number of amides is 1. The average Bonchev–Trinajstić information content (AvgIpc) is 2.42. The van der Waals surface area contributed by atoms with E-state index in [0.717, 1.165) is 0 Å². The number of halogens is 3. The van der Waals surface area contributed by atoms with Crippen LogP contribution in [0.25, 0.3) is 0 Å². The Balaban J connectivity index is 2.30. The van der Waals surface area contributed by atoms with E-state index in [1.165, 1.54) is 12.1 Å². The van der Waals surface area contributed by atoms with Gasteiger partial charge >= 0.3 is 0 Å². The van der Waals surface area contributed by atoms with Crippen LogP contribution in [0, 0.1) is 0 Å². The Labute approximate surface area is 142 Å². The van der Waals surface area contributed by atoms with Crippen LogP contribution < -0.4 is 11.1 Å². The zero-order chi connectivity index (χ0) is 15.6. The van der Waals surface area contributed by atoms with Crippen molar-refractivity contribution in [3.05, 3.63) is 62.6 Å². The van der Waals surface area contributed by atoms with Crippen LogP contribution in [-0.4, -0.2) is 10.9 Å². The molecular weight excluding hydrogens is 351 g/mol. The van der Waals surface area contributed by atoms with Gasteiger partial charge in [-0.05, 0) is 24.3 Å². The molecule has 0 fully saturated rings. The Hall–Kier alpha value is -1.33. The number of thiocarbonyl (C=S) groups is 1. The topological polar surface area (TPSA) is 55.1 Å². The van der Waals surface area contributed by atoms with E-state index < -0.39 is 0 Å². The molecule has 21 heavy (non-hydrogen) atoms. The van der Waals surface area contributed by atoms with Gasteiger partial charge < -0.3 is 11.1 Å². The Bertz CT molecular complexity index is 711. The molecule has 0 heterocycles. The fraction of sp³-hybridized carbons (Fsp3) is 0. The van der Waals surface area contributed by atoms with Crippen molar-refractivity contribution in [3.63, 3.8) is 0 Å². The molecule has 2 aromatic rings. The summed E-state index contributed by atoms with van der Waals surface area (Å²) in [5.41, 5.74) is 6.84. The minimum Gasteiger partial charge on any atom is -0.389 e. The van der Waals surface area contributed by atoms with E-state index in [1.54, 1.807) is 24.3 Å². The standard InChI is InChI=1S/C14H9Cl3N2OS/c15-9-5-10(16)12(11(17)6-9)19-14(20)8-3-1-2-7(4-8)13(18)21/h1-6H,(H2,18,21)(H,19,20). The average molecular weight is 360 g/mol. The predicted molar refractivity (Wildman–Crippen MR) is 91.8 cm³/mol. The number of hydrogen-bond acceptors (Lipinski definition) is 2. The number of nitrogens with two attached hydrogens (primary N) is 1. The monoisotopic (exact) mass is 358 g/mol. The lowest BCUT2D eigenvalue weighted by molar-refractivity contribution is 0.102. The highest BCUT2D eigenvalue weighted by Gasteiger charge is 2.13. The van der Waals surface area contributed by atoms with Crippen molar-refractivity contribution in [2.45, 2.75) is 0 Å². The number of carbonyl (C=O) groups excluding carboxylic acids is 1. The smallest absolute Gasteiger partial charge is 0.255 e. The summed E-state index contributed by atoms with van der Waals surface area (Å²) in [6.45, 7) is 0. The van der Waals surface area contributed by atoms with Crippen LogP contribution in [0.15, 0.2) is 36.4 Å². The zero-order valence-corrected chi connectivity index (χ0v) is 13.6. The molecule has 0 unspecified atom stereocenters. The number of benzene rings is 2. The van der Waals surface area contributed by atoms with E-state index in [-0.39, 0.29) is 20.9 Å². The summed E-state index contributed by atoms with van der Waals surface area (Å²) in [6.07, 6.45) is 0. The highest BCUT2D eigenvalue weighted by Crippen LogP contribution is 2.33. The van der Waals surface area contributed by atoms with Gasteiger partial charge in [-0.25, -0.2) is 0 Å². The normalized spacial score (nSPS) is 10.2.